The van der Waals surface area contributed by atoms with Crippen molar-refractivity contribution in [1.82, 2.24) is 15.5 Å². The van der Waals surface area contributed by atoms with Crippen molar-refractivity contribution >= 4 is 11.9 Å². The molecule has 1 heterocycles. The van der Waals surface area contributed by atoms with Gasteiger partial charge >= 0.3 is 0 Å². The van der Waals surface area contributed by atoms with Gasteiger partial charge in [0.05, 0.1) is 0 Å². The van der Waals surface area contributed by atoms with E-state index in [0.717, 1.165) is 38.4 Å². The van der Waals surface area contributed by atoms with Crippen molar-refractivity contribution in [3.8, 4) is 0 Å². The summed E-state index contributed by atoms with van der Waals surface area (Å²) in [4.78, 5) is 18.5. The van der Waals surface area contributed by atoms with Gasteiger partial charge in [-0.3, -0.25) is 9.79 Å². The Hall–Kier alpha value is -2.04. The molecule has 0 aromatic heterocycles. The maximum atomic E-state index is 12.1. The Morgan fingerprint density at radius 2 is 2.04 bits per heavy atom. The number of benzene rings is 1. The fourth-order valence-electron chi connectivity index (χ4n) is 3.72. The van der Waals surface area contributed by atoms with Crippen molar-refractivity contribution in [1.29, 1.82) is 0 Å². The predicted octanol–water partition coefficient (Wildman–Crippen LogP) is 2.43. The third-order valence-electron chi connectivity index (χ3n) is 5.57. The van der Waals surface area contributed by atoms with Gasteiger partial charge in [0.1, 0.15) is 0 Å². The fraction of sp³-hybridized carbons (Fsp3) is 0.619. The Morgan fingerprint density at radius 1 is 1.31 bits per heavy atom. The van der Waals surface area contributed by atoms with Crippen molar-refractivity contribution in [2.24, 2.45) is 16.3 Å². The van der Waals surface area contributed by atoms with Crippen LogP contribution >= 0.6 is 0 Å². The van der Waals surface area contributed by atoms with Crippen molar-refractivity contribution in [2.75, 3.05) is 26.7 Å². The van der Waals surface area contributed by atoms with E-state index in [-0.39, 0.29) is 17.9 Å². The second-order valence-corrected chi connectivity index (χ2v) is 8.16. The topological polar surface area (TPSA) is 56.7 Å². The van der Waals surface area contributed by atoms with Gasteiger partial charge in [0, 0.05) is 38.6 Å². The van der Waals surface area contributed by atoms with Crippen LogP contribution in [0.5, 0.6) is 0 Å². The van der Waals surface area contributed by atoms with Crippen LogP contribution in [0.4, 0.5) is 0 Å². The average Bonchev–Trinajstić information content (AvgIpc) is 3.24. The zero-order valence-corrected chi connectivity index (χ0v) is 16.3. The molecule has 1 saturated carbocycles. The molecule has 5 nitrogen and oxygen atoms in total. The first-order chi connectivity index (χ1) is 12.5. The Bertz CT molecular complexity index is 637. The van der Waals surface area contributed by atoms with Gasteiger partial charge in [0.2, 0.25) is 5.91 Å². The van der Waals surface area contributed by atoms with Crippen LogP contribution in [0.3, 0.4) is 0 Å². The van der Waals surface area contributed by atoms with Gasteiger partial charge in [-0.2, -0.15) is 0 Å². The highest BCUT2D eigenvalue weighted by Gasteiger charge is 2.42. The molecule has 26 heavy (non-hydrogen) atoms. The number of likely N-dealkylation sites (tertiary alicyclic amines) is 1. The number of amides is 1. The average molecular weight is 357 g/mol. The lowest BCUT2D eigenvalue weighted by molar-refractivity contribution is -0.133. The van der Waals surface area contributed by atoms with Crippen molar-refractivity contribution in [3.05, 3.63) is 35.9 Å². The van der Waals surface area contributed by atoms with E-state index in [9.17, 15) is 4.79 Å². The molecular formula is C21H32N4O. The number of hydrogen-bond acceptors (Lipinski definition) is 2. The van der Waals surface area contributed by atoms with E-state index >= 15 is 0 Å². The molecule has 5 heteroatoms. The summed E-state index contributed by atoms with van der Waals surface area (Å²) in [5, 5.41) is 7.02. The quantitative estimate of drug-likeness (QED) is 0.608. The summed E-state index contributed by atoms with van der Waals surface area (Å²) in [6.07, 6.45) is 4.64. The SMILES string of the molecule is CN=C(NCC1(Cc2ccccc2)CC1)NC1CCN(C(=O)C(C)C)C1. The predicted molar refractivity (Wildman–Crippen MR) is 106 cm³/mol. The summed E-state index contributed by atoms with van der Waals surface area (Å²) in [5.41, 5.74) is 1.78. The van der Waals surface area contributed by atoms with Gasteiger partial charge in [0.15, 0.2) is 5.96 Å². The first kappa shape index (κ1) is 18.7. The van der Waals surface area contributed by atoms with E-state index in [1.807, 2.05) is 25.8 Å². The highest BCUT2D eigenvalue weighted by atomic mass is 16.2. The zero-order chi connectivity index (χ0) is 18.6. The summed E-state index contributed by atoms with van der Waals surface area (Å²) in [7, 11) is 1.82. The van der Waals surface area contributed by atoms with Crippen LogP contribution in [0.2, 0.25) is 0 Å². The number of carbonyl (C=O) groups is 1. The van der Waals surface area contributed by atoms with E-state index in [4.69, 9.17) is 0 Å². The van der Waals surface area contributed by atoms with Crippen molar-refractivity contribution in [2.45, 2.75) is 45.6 Å². The summed E-state index contributed by atoms with van der Waals surface area (Å²) in [6.45, 7) is 6.48. The Balaban J connectivity index is 1.46. The summed E-state index contributed by atoms with van der Waals surface area (Å²) in [5.74, 6) is 1.17. The van der Waals surface area contributed by atoms with Crippen LogP contribution in [-0.4, -0.2) is 49.5 Å². The number of hydrogen-bond donors (Lipinski definition) is 2. The number of carbonyl (C=O) groups excluding carboxylic acids is 1. The molecule has 0 spiro atoms. The number of nitrogens with one attached hydrogen (secondary N) is 2. The molecule has 1 saturated heterocycles. The van der Waals surface area contributed by atoms with Crippen molar-refractivity contribution < 1.29 is 4.79 Å². The molecule has 1 atom stereocenters. The smallest absolute Gasteiger partial charge is 0.225 e. The van der Waals surface area contributed by atoms with E-state index in [2.05, 4.69) is 46.0 Å². The molecule has 2 fully saturated rings. The Kier molecular flexibility index (Phi) is 5.84. The molecule has 1 aromatic carbocycles. The van der Waals surface area contributed by atoms with Crippen LogP contribution in [0.1, 0.15) is 38.7 Å². The van der Waals surface area contributed by atoms with Gasteiger partial charge in [-0.25, -0.2) is 0 Å². The van der Waals surface area contributed by atoms with Gasteiger partial charge in [-0.1, -0.05) is 44.2 Å². The lowest BCUT2D eigenvalue weighted by Gasteiger charge is -2.22. The van der Waals surface area contributed by atoms with Gasteiger partial charge in [-0.15, -0.1) is 0 Å². The lowest BCUT2D eigenvalue weighted by atomic mass is 9.96. The molecule has 2 aliphatic rings. The fourth-order valence-corrected chi connectivity index (χ4v) is 3.72. The molecule has 1 aliphatic heterocycles. The van der Waals surface area contributed by atoms with Crippen LogP contribution in [-0.2, 0) is 11.2 Å². The third-order valence-corrected chi connectivity index (χ3v) is 5.57. The molecule has 0 bridgehead atoms. The highest BCUT2D eigenvalue weighted by Crippen LogP contribution is 2.47. The summed E-state index contributed by atoms with van der Waals surface area (Å²) < 4.78 is 0. The summed E-state index contributed by atoms with van der Waals surface area (Å²) in [6, 6.07) is 11.0. The molecule has 1 unspecified atom stereocenters. The minimum Gasteiger partial charge on any atom is -0.356 e. The Morgan fingerprint density at radius 3 is 2.65 bits per heavy atom. The molecule has 1 aliphatic carbocycles. The number of nitrogens with zero attached hydrogens (tertiary/aromatic N) is 2. The third kappa shape index (κ3) is 4.77. The molecule has 1 amide bonds. The second kappa shape index (κ2) is 8.11. The molecule has 0 radical (unpaired) electrons. The molecule has 142 valence electrons. The minimum absolute atomic E-state index is 0.0684. The normalized spacial score (nSPS) is 21.8. The van der Waals surface area contributed by atoms with Crippen LogP contribution in [0.25, 0.3) is 0 Å². The first-order valence-corrected chi connectivity index (χ1v) is 9.81. The van der Waals surface area contributed by atoms with E-state index in [0.29, 0.717) is 5.41 Å². The van der Waals surface area contributed by atoms with E-state index in [1.54, 1.807) is 0 Å². The monoisotopic (exact) mass is 356 g/mol. The number of rotatable bonds is 6. The first-order valence-electron chi connectivity index (χ1n) is 9.81. The van der Waals surface area contributed by atoms with Crippen LogP contribution in [0, 0.1) is 11.3 Å². The van der Waals surface area contributed by atoms with Crippen molar-refractivity contribution in [3.63, 3.8) is 0 Å². The molecular weight excluding hydrogens is 324 g/mol. The minimum atomic E-state index is 0.0684. The summed E-state index contributed by atoms with van der Waals surface area (Å²) >= 11 is 0. The van der Waals surface area contributed by atoms with E-state index < -0.39 is 0 Å². The van der Waals surface area contributed by atoms with Gasteiger partial charge in [0.25, 0.3) is 0 Å². The lowest BCUT2D eigenvalue weighted by Crippen LogP contribution is -2.46. The zero-order valence-electron chi connectivity index (χ0n) is 16.3. The maximum absolute atomic E-state index is 12.1. The largest absolute Gasteiger partial charge is 0.356 e. The molecule has 2 N–H and O–H groups in total. The van der Waals surface area contributed by atoms with E-state index in [1.165, 1.54) is 18.4 Å². The van der Waals surface area contributed by atoms with Gasteiger partial charge < -0.3 is 15.5 Å². The van der Waals surface area contributed by atoms with Gasteiger partial charge in [-0.05, 0) is 36.7 Å². The van der Waals surface area contributed by atoms with Crippen LogP contribution in [0.15, 0.2) is 35.3 Å². The molecule has 1 aromatic rings. The second-order valence-electron chi connectivity index (χ2n) is 8.16. The highest BCUT2D eigenvalue weighted by molar-refractivity contribution is 5.81. The Labute approximate surface area is 157 Å². The standard InChI is InChI=1S/C21H32N4O/c1-16(2)19(26)25-12-9-18(14-25)24-20(22-3)23-15-21(10-11-21)13-17-7-5-4-6-8-17/h4-8,16,18H,9-15H2,1-3H3,(H2,22,23,24). The number of aliphatic imine (C=N–C) groups is 1. The van der Waals surface area contributed by atoms with Crippen LogP contribution < -0.4 is 10.6 Å². The number of guanidine groups is 1. The maximum Gasteiger partial charge on any atom is 0.225 e. The molecule has 3 rings (SSSR count).